The summed E-state index contributed by atoms with van der Waals surface area (Å²) in [7, 11) is 0.600. The van der Waals surface area contributed by atoms with Crippen molar-refractivity contribution in [2.75, 3.05) is 13.7 Å². The first kappa shape index (κ1) is 23.6. The third-order valence-electron chi connectivity index (χ3n) is 6.56. The molecule has 11 heteroatoms. The highest BCUT2D eigenvalue weighted by molar-refractivity contribution is 6.66. The summed E-state index contributed by atoms with van der Waals surface area (Å²) in [4.78, 5) is 15.8. The normalized spacial score (nSPS) is 24.8. The van der Waals surface area contributed by atoms with Gasteiger partial charge in [-0.15, -0.1) is 0 Å². The number of fused-ring (bicyclic) bond motifs is 1. The lowest BCUT2D eigenvalue weighted by Crippen LogP contribution is -2.48. The van der Waals surface area contributed by atoms with Gasteiger partial charge in [-0.1, -0.05) is 17.7 Å². The van der Waals surface area contributed by atoms with Gasteiger partial charge in [-0.2, -0.15) is 0 Å². The fraction of sp³-hybridized carbons (Fsp3) is 0.455. The van der Waals surface area contributed by atoms with E-state index in [0.29, 0.717) is 21.8 Å². The Morgan fingerprint density at radius 3 is 2.48 bits per heavy atom. The van der Waals surface area contributed by atoms with Gasteiger partial charge in [0.1, 0.15) is 11.9 Å². The van der Waals surface area contributed by atoms with Crippen molar-refractivity contribution < 1.29 is 33.8 Å². The number of aliphatic hydroxyl groups is 1. The predicted molar refractivity (Wildman–Crippen MR) is 121 cm³/mol. The van der Waals surface area contributed by atoms with Crippen LogP contribution in [-0.2, 0) is 14.9 Å². The Hall–Kier alpha value is -2.53. The summed E-state index contributed by atoms with van der Waals surface area (Å²) in [5, 5.41) is 23.6. The molecule has 0 saturated carbocycles. The van der Waals surface area contributed by atoms with E-state index in [4.69, 9.17) is 30.4 Å². The maximum atomic E-state index is 11.6. The lowest BCUT2D eigenvalue weighted by Gasteiger charge is -2.32. The van der Waals surface area contributed by atoms with Crippen LogP contribution in [-0.4, -0.2) is 53.3 Å². The topological polar surface area (TPSA) is 119 Å². The van der Waals surface area contributed by atoms with E-state index in [2.05, 4.69) is 10.3 Å². The van der Waals surface area contributed by atoms with Crippen LogP contribution in [0.3, 0.4) is 0 Å². The standard InChI is InChI=1S/C22H26BClN2O7/c1-20(2)21(3,4)33-23(32-20)17-12(24)9-10-13-16(17)18(27)22(31-13,11-25-19(28)29)14-7-6-8-15(26-14)30-5/h6-10,18,25,27H,11H2,1-5H3,(H,28,29)/t18-,22+/m0/s1. The van der Waals surface area contributed by atoms with Crippen LogP contribution in [0.25, 0.3) is 0 Å². The molecule has 9 nitrogen and oxygen atoms in total. The third kappa shape index (κ3) is 3.80. The van der Waals surface area contributed by atoms with E-state index in [0.717, 1.165) is 0 Å². The summed E-state index contributed by atoms with van der Waals surface area (Å²) < 4.78 is 23.8. The van der Waals surface area contributed by atoms with E-state index in [1.54, 1.807) is 30.3 Å². The lowest BCUT2D eigenvalue weighted by atomic mass is 9.73. The molecule has 0 unspecified atom stereocenters. The molecule has 2 atom stereocenters. The molecule has 1 fully saturated rings. The molecule has 0 radical (unpaired) electrons. The zero-order valence-corrected chi connectivity index (χ0v) is 19.8. The van der Waals surface area contributed by atoms with Crippen LogP contribution in [0.5, 0.6) is 11.6 Å². The van der Waals surface area contributed by atoms with E-state index >= 15 is 0 Å². The molecule has 1 aromatic heterocycles. The minimum atomic E-state index is -1.57. The van der Waals surface area contributed by atoms with Gasteiger partial charge in [-0.25, -0.2) is 9.78 Å². The Bertz CT molecular complexity index is 1080. The Labute approximate surface area is 197 Å². The molecular formula is C22H26BClN2O7. The van der Waals surface area contributed by atoms with Crippen LogP contribution < -0.4 is 20.3 Å². The van der Waals surface area contributed by atoms with Crippen molar-refractivity contribution in [3.05, 3.63) is 46.6 Å². The molecule has 3 N–H and O–H groups in total. The van der Waals surface area contributed by atoms with Crippen LogP contribution in [0, 0.1) is 0 Å². The molecule has 1 aromatic carbocycles. The number of halogens is 1. The van der Waals surface area contributed by atoms with E-state index in [1.807, 2.05) is 27.7 Å². The van der Waals surface area contributed by atoms with Gasteiger partial charge in [-0.05, 0) is 45.9 Å². The number of amides is 1. The summed E-state index contributed by atoms with van der Waals surface area (Å²) in [5.74, 6) is 0.617. The number of hydrogen-bond acceptors (Lipinski definition) is 7. The third-order valence-corrected chi connectivity index (χ3v) is 6.89. The summed E-state index contributed by atoms with van der Waals surface area (Å²) in [6.45, 7) is 7.38. The second kappa shape index (κ2) is 8.05. The van der Waals surface area contributed by atoms with E-state index < -0.39 is 36.1 Å². The van der Waals surface area contributed by atoms with Crippen LogP contribution in [0.4, 0.5) is 4.79 Å². The molecule has 3 heterocycles. The highest BCUT2D eigenvalue weighted by Gasteiger charge is 2.57. The number of ether oxygens (including phenoxy) is 2. The molecule has 4 rings (SSSR count). The molecule has 2 aromatic rings. The van der Waals surface area contributed by atoms with Gasteiger partial charge in [0.05, 0.1) is 30.6 Å². The first-order chi connectivity index (χ1) is 15.4. The van der Waals surface area contributed by atoms with Crippen LogP contribution in [0.1, 0.15) is 45.1 Å². The van der Waals surface area contributed by atoms with Gasteiger partial charge in [0.2, 0.25) is 5.88 Å². The molecule has 2 aliphatic rings. The summed E-state index contributed by atoms with van der Waals surface area (Å²) in [5.41, 5.74) is -1.76. The Morgan fingerprint density at radius 2 is 1.88 bits per heavy atom. The Balaban J connectivity index is 1.84. The number of methoxy groups -OCH3 is 1. The van der Waals surface area contributed by atoms with Gasteiger partial charge in [0.15, 0.2) is 5.60 Å². The first-order valence-electron chi connectivity index (χ1n) is 10.5. The van der Waals surface area contributed by atoms with Crippen molar-refractivity contribution in [1.29, 1.82) is 0 Å². The Kier molecular flexibility index (Phi) is 5.77. The van der Waals surface area contributed by atoms with Crippen molar-refractivity contribution in [3.63, 3.8) is 0 Å². The fourth-order valence-corrected chi connectivity index (χ4v) is 4.29. The van der Waals surface area contributed by atoms with E-state index in [9.17, 15) is 15.0 Å². The van der Waals surface area contributed by atoms with E-state index in [1.165, 1.54) is 7.11 Å². The zero-order valence-electron chi connectivity index (χ0n) is 19.0. The largest absolute Gasteiger partial charge is 0.496 e. The quantitative estimate of drug-likeness (QED) is 0.564. The minimum absolute atomic E-state index is 0.279. The number of rotatable bonds is 5. The molecule has 2 aliphatic heterocycles. The molecule has 0 aliphatic carbocycles. The van der Waals surface area contributed by atoms with Gasteiger partial charge >= 0.3 is 13.2 Å². The Morgan fingerprint density at radius 1 is 1.21 bits per heavy atom. The second-order valence-electron chi connectivity index (χ2n) is 9.08. The van der Waals surface area contributed by atoms with Gasteiger partial charge in [0, 0.05) is 22.1 Å². The predicted octanol–water partition coefficient (Wildman–Crippen LogP) is 2.63. The monoisotopic (exact) mass is 476 g/mol. The first-order valence-corrected chi connectivity index (χ1v) is 10.8. The average Bonchev–Trinajstić information content (AvgIpc) is 3.16. The lowest BCUT2D eigenvalue weighted by molar-refractivity contribution is -0.0340. The van der Waals surface area contributed by atoms with Gasteiger partial charge in [0.25, 0.3) is 0 Å². The molecule has 0 spiro atoms. The number of benzene rings is 1. The maximum absolute atomic E-state index is 11.6. The van der Waals surface area contributed by atoms with Crippen LogP contribution >= 0.6 is 11.6 Å². The molecule has 176 valence electrons. The SMILES string of the molecule is COc1cccc([C@@]2(CNC(=O)O)Oc3ccc(Cl)c(B4OC(C)(C)C(C)(C)O4)c3[C@@H]2O)n1. The highest BCUT2D eigenvalue weighted by atomic mass is 35.5. The maximum Gasteiger partial charge on any atom is 0.496 e. The molecular weight excluding hydrogens is 451 g/mol. The highest BCUT2D eigenvalue weighted by Crippen LogP contribution is 2.49. The summed E-state index contributed by atoms with van der Waals surface area (Å²) in [6.07, 6.45) is -2.61. The molecule has 0 bridgehead atoms. The number of aromatic nitrogens is 1. The van der Waals surface area contributed by atoms with E-state index in [-0.39, 0.29) is 18.1 Å². The number of aliphatic hydroxyl groups excluding tert-OH is 1. The minimum Gasteiger partial charge on any atom is -0.481 e. The van der Waals surface area contributed by atoms with Gasteiger partial charge < -0.3 is 34.3 Å². The van der Waals surface area contributed by atoms with Gasteiger partial charge in [-0.3, -0.25) is 0 Å². The number of hydrogen-bond donors (Lipinski definition) is 3. The molecule has 1 amide bonds. The number of nitrogens with one attached hydrogen (secondary N) is 1. The number of pyridine rings is 1. The number of nitrogens with zero attached hydrogens (tertiary/aromatic N) is 1. The zero-order chi connectivity index (χ0) is 24.2. The summed E-state index contributed by atoms with van der Waals surface area (Å²) >= 11 is 6.58. The molecule has 33 heavy (non-hydrogen) atoms. The molecule has 1 saturated heterocycles. The van der Waals surface area contributed by atoms with Crippen molar-refractivity contribution >= 4 is 30.3 Å². The van der Waals surface area contributed by atoms with Crippen molar-refractivity contribution in [3.8, 4) is 11.6 Å². The fourth-order valence-electron chi connectivity index (χ4n) is 4.03. The number of carbonyl (C=O) groups is 1. The van der Waals surface area contributed by atoms with Crippen LogP contribution in [0.15, 0.2) is 30.3 Å². The van der Waals surface area contributed by atoms with Crippen molar-refractivity contribution in [2.45, 2.75) is 50.6 Å². The smallest absolute Gasteiger partial charge is 0.481 e. The second-order valence-corrected chi connectivity index (χ2v) is 9.49. The number of carboxylic acid groups (broad SMARTS) is 1. The van der Waals surface area contributed by atoms with Crippen molar-refractivity contribution in [1.82, 2.24) is 10.3 Å². The summed E-state index contributed by atoms with van der Waals surface area (Å²) in [6, 6.07) is 8.22. The average molecular weight is 477 g/mol. The van der Waals surface area contributed by atoms with Crippen molar-refractivity contribution in [2.24, 2.45) is 0 Å². The van der Waals surface area contributed by atoms with Crippen LogP contribution in [0.2, 0.25) is 5.02 Å².